The van der Waals surface area contributed by atoms with Crippen LogP contribution in [0.25, 0.3) is 22.0 Å². The molecular formula is C48H49FN4O4. The van der Waals surface area contributed by atoms with E-state index in [1.54, 1.807) is 31.3 Å². The summed E-state index contributed by atoms with van der Waals surface area (Å²) in [7, 11) is 1.67. The van der Waals surface area contributed by atoms with Gasteiger partial charge in [-0.25, -0.2) is 9.37 Å². The van der Waals surface area contributed by atoms with Crippen molar-refractivity contribution in [2.24, 2.45) is 0 Å². The zero-order valence-electron chi connectivity index (χ0n) is 32.9. The Morgan fingerprint density at radius 1 is 0.895 bits per heavy atom. The minimum Gasteiger partial charge on any atom is -0.464 e. The monoisotopic (exact) mass is 764 g/mol. The smallest absolute Gasteiger partial charge is 0.252 e. The van der Waals surface area contributed by atoms with Crippen molar-refractivity contribution in [1.29, 1.82) is 0 Å². The first-order valence-electron chi connectivity index (χ1n) is 19.5. The number of halogens is 1. The Kier molecular flexibility index (Phi) is 12.0. The number of hydrogen-bond donors (Lipinski definition) is 2. The second-order valence-electron chi connectivity index (χ2n) is 15.6. The van der Waals surface area contributed by atoms with Crippen LogP contribution in [-0.2, 0) is 28.0 Å². The maximum Gasteiger partial charge on any atom is 0.252 e. The minimum atomic E-state index is -0.926. The third-order valence-electron chi connectivity index (χ3n) is 10.3. The molecular weight excluding hydrogens is 716 g/mol. The zero-order chi connectivity index (χ0) is 39.9. The molecule has 0 spiro atoms. The average molecular weight is 765 g/mol. The van der Waals surface area contributed by atoms with Gasteiger partial charge in [0.25, 0.3) is 5.91 Å². The Morgan fingerprint density at radius 2 is 1.67 bits per heavy atom. The molecule has 57 heavy (non-hydrogen) atoms. The first kappa shape index (κ1) is 39.2. The number of pyridine rings is 1. The summed E-state index contributed by atoms with van der Waals surface area (Å²) in [5, 5.41) is 7.26. The highest BCUT2D eigenvalue weighted by Crippen LogP contribution is 2.37. The number of hydrogen-bond acceptors (Lipinski definition) is 6. The minimum absolute atomic E-state index is 0.0367. The molecule has 2 unspecified atom stereocenters. The summed E-state index contributed by atoms with van der Waals surface area (Å²) in [4.78, 5) is 33.9. The highest BCUT2D eigenvalue weighted by molar-refractivity contribution is 6.00. The van der Waals surface area contributed by atoms with E-state index in [2.05, 4.69) is 61.7 Å². The van der Waals surface area contributed by atoms with E-state index in [4.69, 9.17) is 14.5 Å². The van der Waals surface area contributed by atoms with E-state index in [9.17, 15) is 14.0 Å². The van der Waals surface area contributed by atoms with Crippen LogP contribution in [0.3, 0.4) is 0 Å². The van der Waals surface area contributed by atoms with E-state index in [1.807, 2.05) is 60.7 Å². The maximum absolute atomic E-state index is 13.8. The van der Waals surface area contributed by atoms with Gasteiger partial charge in [0.1, 0.15) is 23.4 Å². The summed E-state index contributed by atoms with van der Waals surface area (Å²) < 4.78 is 25.9. The number of amides is 2. The largest absolute Gasteiger partial charge is 0.464 e. The molecule has 1 aliphatic rings. The lowest BCUT2D eigenvalue weighted by Crippen LogP contribution is -2.41. The first-order valence-corrected chi connectivity index (χ1v) is 19.5. The molecule has 2 amide bonds. The van der Waals surface area contributed by atoms with Gasteiger partial charge >= 0.3 is 0 Å². The number of likely N-dealkylation sites (N-methyl/N-ethyl adjacent to an activating group) is 1. The van der Waals surface area contributed by atoms with Crippen LogP contribution in [0.1, 0.15) is 78.7 Å². The second-order valence-corrected chi connectivity index (χ2v) is 15.6. The van der Waals surface area contributed by atoms with E-state index in [-0.39, 0.29) is 35.9 Å². The number of fused-ring (bicyclic) bond motifs is 1. The summed E-state index contributed by atoms with van der Waals surface area (Å²) in [6.07, 6.45) is 2.71. The van der Waals surface area contributed by atoms with Gasteiger partial charge in [-0.1, -0.05) is 99.6 Å². The molecule has 0 bridgehead atoms. The number of carbonyl (C=O) groups is 2. The van der Waals surface area contributed by atoms with Gasteiger partial charge in [-0.05, 0) is 94.6 Å². The molecule has 2 heterocycles. The topological polar surface area (TPSA) is 92.8 Å². The predicted molar refractivity (Wildman–Crippen MR) is 223 cm³/mol. The molecule has 5 aromatic carbocycles. The quantitative estimate of drug-likeness (QED) is 0.129. The highest BCUT2D eigenvalue weighted by Gasteiger charge is 2.27. The van der Waals surface area contributed by atoms with Gasteiger partial charge in [0, 0.05) is 43.1 Å². The molecule has 2 atom stereocenters. The van der Waals surface area contributed by atoms with Gasteiger partial charge in [0.2, 0.25) is 5.91 Å². The number of rotatable bonds is 12. The van der Waals surface area contributed by atoms with E-state index >= 15 is 0 Å². The second kappa shape index (κ2) is 17.4. The standard InChI is InChI=1S/C48H49FN4O4/c1-48(2,3)38-22-18-33(19-23-38)44-37(13-10-14-41(44)57-43-15-8-9-28-56-43)30-50-42-27-21-35-29-36(20-26-40(35)51-42)46(54)52-45(34-11-6-5-7-12-34)47(55)53(4)31-32-16-24-39(49)25-17-32/h5-7,10-14,16-27,29,43,45H,8-9,15,28,30-31H2,1-4H3,(H,50,51)(H,52,54). The molecule has 1 saturated heterocycles. The SMILES string of the molecule is CN(Cc1ccc(F)cc1)C(=O)C(NC(=O)c1ccc2nc(NCc3cccc(OC4CCCCO4)c3-c3ccc(C(C)(C)C)cc3)ccc2c1)c1ccccc1. The fourth-order valence-corrected chi connectivity index (χ4v) is 7.09. The van der Waals surface area contributed by atoms with Crippen LogP contribution in [0.2, 0.25) is 0 Å². The van der Waals surface area contributed by atoms with Crippen molar-refractivity contribution >= 4 is 28.5 Å². The summed E-state index contributed by atoms with van der Waals surface area (Å²) >= 11 is 0. The molecule has 0 aliphatic carbocycles. The summed E-state index contributed by atoms with van der Waals surface area (Å²) in [6, 6.07) is 38.2. The third kappa shape index (κ3) is 9.67. The van der Waals surface area contributed by atoms with Crippen LogP contribution in [-0.4, -0.2) is 41.6 Å². The van der Waals surface area contributed by atoms with Crippen LogP contribution in [0.4, 0.5) is 10.2 Å². The number of nitrogens with zero attached hydrogens (tertiary/aromatic N) is 2. The Hall–Kier alpha value is -6.06. The van der Waals surface area contributed by atoms with E-state index in [0.717, 1.165) is 58.2 Å². The number of anilines is 1. The molecule has 6 aromatic rings. The Balaban J connectivity index is 1.08. The van der Waals surface area contributed by atoms with Crippen molar-refractivity contribution in [3.8, 4) is 16.9 Å². The summed E-state index contributed by atoms with van der Waals surface area (Å²) in [6.45, 7) is 8.10. The molecule has 1 aromatic heterocycles. The molecule has 1 aliphatic heterocycles. The zero-order valence-corrected chi connectivity index (χ0v) is 32.9. The van der Waals surface area contributed by atoms with Gasteiger partial charge < -0.3 is 25.0 Å². The van der Waals surface area contributed by atoms with E-state index in [1.165, 1.54) is 22.6 Å². The van der Waals surface area contributed by atoms with Crippen LogP contribution >= 0.6 is 0 Å². The summed E-state index contributed by atoms with van der Waals surface area (Å²) in [5.74, 6) is 0.457. The van der Waals surface area contributed by atoms with Gasteiger partial charge in [-0.3, -0.25) is 9.59 Å². The molecule has 0 radical (unpaired) electrons. The molecule has 9 heteroatoms. The number of ether oxygens (including phenoxy) is 2. The van der Waals surface area contributed by atoms with E-state index < -0.39 is 6.04 Å². The Labute approximate surface area is 334 Å². The number of nitrogens with one attached hydrogen (secondary N) is 2. The molecule has 8 nitrogen and oxygen atoms in total. The number of benzene rings is 5. The predicted octanol–water partition coefficient (Wildman–Crippen LogP) is 9.99. The Morgan fingerprint density at radius 3 is 2.39 bits per heavy atom. The van der Waals surface area contributed by atoms with Crippen LogP contribution < -0.4 is 15.4 Å². The van der Waals surface area contributed by atoms with Gasteiger partial charge in [0.15, 0.2) is 6.29 Å². The van der Waals surface area contributed by atoms with Crippen molar-refractivity contribution in [3.05, 3.63) is 161 Å². The molecule has 2 N–H and O–H groups in total. The van der Waals surface area contributed by atoms with Crippen molar-refractivity contribution in [2.45, 2.75) is 70.9 Å². The van der Waals surface area contributed by atoms with Crippen LogP contribution in [0.15, 0.2) is 127 Å². The highest BCUT2D eigenvalue weighted by atomic mass is 19.1. The fraction of sp³-hybridized carbons (Fsp3) is 0.271. The van der Waals surface area contributed by atoms with Gasteiger partial charge in [-0.2, -0.15) is 0 Å². The molecule has 7 rings (SSSR count). The molecule has 1 fully saturated rings. The van der Waals surface area contributed by atoms with Gasteiger partial charge in [-0.15, -0.1) is 0 Å². The van der Waals surface area contributed by atoms with Crippen molar-refractivity contribution in [3.63, 3.8) is 0 Å². The number of aromatic nitrogens is 1. The Bertz CT molecular complexity index is 2320. The average Bonchev–Trinajstić information content (AvgIpc) is 3.22. The fourth-order valence-electron chi connectivity index (χ4n) is 7.09. The van der Waals surface area contributed by atoms with Crippen LogP contribution in [0.5, 0.6) is 5.75 Å². The lowest BCUT2D eigenvalue weighted by molar-refractivity contribution is -0.132. The van der Waals surface area contributed by atoms with E-state index in [0.29, 0.717) is 30.1 Å². The summed E-state index contributed by atoms with van der Waals surface area (Å²) in [5.41, 5.74) is 7.00. The molecule has 0 saturated carbocycles. The molecule has 292 valence electrons. The lowest BCUT2D eigenvalue weighted by Gasteiger charge is -2.26. The third-order valence-corrected chi connectivity index (χ3v) is 10.3. The lowest BCUT2D eigenvalue weighted by atomic mass is 9.86. The van der Waals surface area contributed by atoms with Gasteiger partial charge in [0.05, 0.1) is 12.1 Å². The maximum atomic E-state index is 13.8. The first-order chi connectivity index (χ1) is 27.5. The number of carbonyl (C=O) groups excluding carboxylic acids is 2. The van der Waals surface area contributed by atoms with Crippen molar-refractivity contribution in [2.75, 3.05) is 19.0 Å². The normalized spacial score (nSPS) is 14.8. The van der Waals surface area contributed by atoms with Crippen molar-refractivity contribution < 1.29 is 23.5 Å². The van der Waals surface area contributed by atoms with Crippen molar-refractivity contribution in [1.82, 2.24) is 15.2 Å². The van der Waals surface area contributed by atoms with Crippen LogP contribution in [0, 0.1) is 5.82 Å².